The fourth-order valence-electron chi connectivity index (χ4n) is 3.81. The van der Waals surface area contributed by atoms with Crippen molar-refractivity contribution >= 4 is 23.5 Å². The Bertz CT molecular complexity index is 1110. The van der Waals surface area contributed by atoms with E-state index in [1.807, 2.05) is 4.90 Å². The zero-order valence-corrected chi connectivity index (χ0v) is 20.0. The summed E-state index contributed by atoms with van der Waals surface area (Å²) in [6.45, 7) is 3.09. The number of piperidine rings is 1. The van der Waals surface area contributed by atoms with Crippen LogP contribution in [0.5, 0.6) is 17.2 Å². The summed E-state index contributed by atoms with van der Waals surface area (Å²) in [4.78, 5) is 26.1. The number of amides is 1. The molecule has 1 saturated heterocycles. The van der Waals surface area contributed by atoms with Crippen LogP contribution in [-0.4, -0.2) is 70.5 Å². The molecule has 192 valence electrons. The SMILES string of the molecule is CC(=N)N1CCC(Oc2ccc(C(=O)N[C@@H](COc3cc(C(=N)N)ccc3O)CC(=O)O)cc2)CC1. The number of carbonyl (C=O) groups is 2. The minimum Gasteiger partial charge on any atom is -0.504 e. The monoisotopic (exact) mass is 497 g/mol. The normalized spacial score (nSPS) is 14.5. The van der Waals surface area contributed by atoms with Crippen LogP contribution in [0, 0.1) is 10.8 Å². The van der Waals surface area contributed by atoms with E-state index < -0.39 is 24.3 Å². The second-order valence-electron chi connectivity index (χ2n) is 8.59. The molecule has 1 aliphatic rings. The van der Waals surface area contributed by atoms with Gasteiger partial charge in [0.15, 0.2) is 11.5 Å². The molecule has 2 aromatic carbocycles. The Morgan fingerprint density at radius 3 is 2.36 bits per heavy atom. The lowest BCUT2D eigenvalue weighted by molar-refractivity contribution is -0.137. The van der Waals surface area contributed by atoms with E-state index in [9.17, 15) is 19.8 Å². The van der Waals surface area contributed by atoms with Crippen LogP contribution in [0.25, 0.3) is 0 Å². The number of carbonyl (C=O) groups excluding carboxylic acids is 1. The third-order valence-corrected chi connectivity index (χ3v) is 5.80. The molecule has 1 heterocycles. The van der Waals surface area contributed by atoms with Crippen LogP contribution in [0.3, 0.4) is 0 Å². The topological polar surface area (TPSA) is 182 Å². The van der Waals surface area contributed by atoms with Crippen molar-refractivity contribution in [1.82, 2.24) is 10.2 Å². The number of nitrogens with one attached hydrogen (secondary N) is 3. The van der Waals surface area contributed by atoms with Crippen molar-refractivity contribution < 1.29 is 29.3 Å². The van der Waals surface area contributed by atoms with Crippen molar-refractivity contribution in [3.05, 3.63) is 53.6 Å². The third kappa shape index (κ3) is 7.36. The number of nitrogens with zero attached hydrogens (tertiary/aromatic N) is 1. The summed E-state index contributed by atoms with van der Waals surface area (Å²) in [5.74, 6) is -0.814. The van der Waals surface area contributed by atoms with Gasteiger partial charge in [-0.2, -0.15) is 0 Å². The van der Waals surface area contributed by atoms with Crippen molar-refractivity contribution in [2.45, 2.75) is 38.3 Å². The number of rotatable bonds is 10. The molecule has 11 heteroatoms. The molecule has 1 aliphatic heterocycles. The quantitative estimate of drug-likeness (QED) is 0.213. The number of hydrogen-bond donors (Lipinski definition) is 6. The van der Waals surface area contributed by atoms with Crippen molar-refractivity contribution in [2.75, 3.05) is 19.7 Å². The molecule has 0 unspecified atom stereocenters. The number of aromatic hydroxyl groups is 1. The number of hydrogen-bond acceptors (Lipinski definition) is 7. The Hall–Kier alpha value is -4.28. The number of nitrogens with two attached hydrogens (primary N) is 1. The first kappa shape index (κ1) is 26.3. The lowest BCUT2D eigenvalue weighted by Crippen LogP contribution is -2.40. The van der Waals surface area contributed by atoms with E-state index in [0.29, 0.717) is 22.7 Å². The highest BCUT2D eigenvalue weighted by Crippen LogP contribution is 2.27. The highest BCUT2D eigenvalue weighted by atomic mass is 16.5. The molecule has 0 spiro atoms. The Morgan fingerprint density at radius 1 is 1.14 bits per heavy atom. The second kappa shape index (κ2) is 11.9. The fourth-order valence-corrected chi connectivity index (χ4v) is 3.81. The van der Waals surface area contributed by atoms with E-state index in [1.54, 1.807) is 31.2 Å². The number of likely N-dealkylation sites (tertiary alicyclic amines) is 1. The summed E-state index contributed by atoms with van der Waals surface area (Å²) in [6.07, 6.45) is 1.25. The zero-order chi connectivity index (χ0) is 26.2. The van der Waals surface area contributed by atoms with Crippen LogP contribution in [0.4, 0.5) is 0 Å². The summed E-state index contributed by atoms with van der Waals surface area (Å²) in [6, 6.07) is 9.84. The first-order chi connectivity index (χ1) is 17.1. The van der Waals surface area contributed by atoms with Crippen LogP contribution in [0.15, 0.2) is 42.5 Å². The van der Waals surface area contributed by atoms with E-state index in [-0.39, 0.29) is 30.0 Å². The molecule has 2 aromatic rings. The second-order valence-corrected chi connectivity index (χ2v) is 8.59. The Kier molecular flexibility index (Phi) is 8.71. The molecule has 1 amide bonds. The van der Waals surface area contributed by atoms with Gasteiger partial charge in [0.25, 0.3) is 5.91 Å². The van der Waals surface area contributed by atoms with Crippen molar-refractivity contribution in [3.63, 3.8) is 0 Å². The maximum atomic E-state index is 12.7. The first-order valence-electron chi connectivity index (χ1n) is 11.5. The van der Waals surface area contributed by atoms with Crippen molar-refractivity contribution in [3.8, 4) is 17.2 Å². The van der Waals surface area contributed by atoms with Gasteiger partial charge < -0.3 is 35.6 Å². The molecular formula is C25H31N5O6. The lowest BCUT2D eigenvalue weighted by atomic mass is 10.1. The first-order valence-corrected chi connectivity index (χ1v) is 11.5. The molecule has 1 fully saturated rings. The van der Waals surface area contributed by atoms with Gasteiger partial charge >= 0.3 is 5.97 Å². The number of benzene rings is 2. The van der Waals surface area contributed by atoms with Crippen LogP contribution >= 0.6 is 0 Å². The maximum absolute atomic E-state index is 12.7. The van der Waals surface area contributed by atoms with Crippen LogP contribution in [-0.2, 0) is 4.79 Å². The van der Waals surface area contributed by atoms with Crippen LogP contribution < -0.4 is 20.5 Å². The standard InChI is InChI=1S/C25H31N5O6/c1-15(26)30-10-8-20(9-11-30)36-19-5-2-16(3-6-19)25(34)29-18(13-23(32)33)14-35-22-12-17(24(27)28)4-7-21(22)31/h2-7,12,18,20,26,31H,8-11,13-14H2,1H3,(H3,27,28)(H,29,34)(H,32,33)/t18-/m1/s1. The summed E-state index contributed by atoms with van der Waals surface area (Å²) in [7, 11) is 0. The minimum absolute atomic E-state index is 0.0236. The predicted molar refractivity (Wildman–Crippen MR) is 133 cm³/mol. The van der Waals surface area contributed by atoms with Gasteiger partial charge in [-0.25, -0.2) is 0 Å². The third-order valence-electron chi connectivity index (χ3n) is 5.80. The van der Waals surface area contributed by atoms with E-state index in [4.69, 9.17) is 26.0 Å². The summed E-state index contributed by atoms with van der Waals surface area (Å²) < 4.78 is 11.5. The number of phenolic OH excluding ortho intramolecular Hbond substituents is 1. The number of aliphatic carboxylic acids is 1. The molecule has 7 N–H and O–H groups in total. The zero-order valence-electron chi connectivity index (χ0n) is 20.0. The molecule has 11 nitrogen and oxygen atoms in total. The summed E-state index contributed by atoms with van der Waals surface area (Å²) >= 11 is 0. The Labute approximate surface area is 208 Å². The molecule has 0 aromatic heterocycles. The lowest BCUT2D eigenvalue weighted by Gasteiger charge is -2.32. The largest absolute Gasteiger partial charge is 0.504 e. The number of phenols is 1. The predicted octanol–water partition coefficient (Wildman–Crippen LogP) is 2.17. The van der Waals surface area contributed by atoms with E-state index in [0.717, 1.165) is 25.9 Å². The van der Waals surface area contributed by atoms with E-state index >= 15 is 0 Å². The molecule has 3 rings (SSSR count). The van der Waals surface area contributed by atoms with Gasteiger partial charge in [0, 0.05) is 37.1 Å². The van der Waals surface area contributed by atoms with Gasteiger partial charge in [-0.3, -0.25) is 20.4 Å². The highest BCUT2D eigenvalue weighted by Gasteiger charge is 2.22. The van der Waals surface area contributed by atoms with Crippen molar-refractivity contribution in [1.29, 1.82) is 10.8 Å². The van der Waals surface area contributed by atoms with Gasteiger partial charge in [0.1, 0.15) is 24.3 Å². The van der Waals surface area contributed by atoms with Gasteiger partial charge in [0.05, 0.1) is 18.3 Å². The minimum atomic E-state index is -1.13. The molecule has 36 heavy (non-hydrogen) atoms. The van der Waals surface area contributed by atoms with Gasteiger partial charge in [-0.1, -0.05) is 0 Å². The number of carboxylic acid groups (broad SMARTS) is 1. The molecular weight excluding hydrogens is 466 g/mol. The van der Waals surface area contributed by atoms with Crippen LogP contribution in [0.1, 0.15) is 42.1 Å². The van der Waals surface area contributed by atoms with Gasteiger partial charge in [-0.05, 0) is 49.4 Å². The average molecular weight is 498 g/mol. The van der Waals surface area contributed by atoms with E-state index in [1.165, 1.54) is 18.2 Å². The Morgan fingerprint density at radius 2 is 1.78 bits per heavy atom. The van der Waals surface area contributed by atoms with Crippen molar-refractivity contribution in [2.24, 2.45) is 5.73 Å². The van der Waals surface area contributed by atoms with Crippen LogP contribution in [0.2, 0.25) is 0 Å². The Balaban J connectivity index is 1.58. The van der Waals surface area contributed by atoms with Gasteiger partial charge in [0.2, 0.25) is 0 Å². The number of carboxylic acids is 1. The van der Waals surface area contributed by atoms with Gasteiger partial charge in [-0.15, -0.1) is 0 Å². The number of amidine groups is 2. The highest BCUT2D eigenvalue weighted by molar-refractivity contribution is 5.95. The number of ether oxygens (including phenoxy) is 2. The molecule has 0 saturated carbocycles. The summed E-state index contributed by atoms with van der Waals surface area (Å²) in [5.41, 5.74) is 6.12. The molecule has 0 aliphatic carbocycles. The maximum Gasteiger partial charge on any atom is 0.305 e. The fraction of sp³-hybridized carbons (Fsp3) is 0.360. The smallest absolute Gasteiger partial charge is 0.305 e. The number of nitrogen functional groups attached to an aromatic ring is 1. The average Bonchev–Trinajstić information content (AvgIpc) is 2.83. The van der Waals surface area contributed by atoms with E-state index in [2.05, 4.69) is 5.32 Å². The summed E-state index contributed by atoms with van der Waals surface area (Å²) in [5, 5.41) is 37.1. The molecule has 1 atom stereocenters. The molecule has 0 radical (unpaired) electrons. The molecule has 0 bridgehead atoms.